The first-order valence-electron chi connectivity index (χ1n) is 11.6. The van der Waals surface area contributed by atoms with Crippen LogP contribution in [0, 0.1) is 0 Å². The summed E-state index contributed by atoms with van der Waals surface area (Å²) in [6.45, 7) is 2.70. The predicted molar refractivity (Wildman–Crippen MR) is 132 cm³/mol. The van der Waals surface area contributed by atoms with Crippen LogP contribution in [0.4, 0.5) is 5.69 Å². The molecule has 4 unspecified atom stereocenters. The van der Waals surface area contributed by atoms with Crippen LogP contribution in [0.3, 0.4) is 0 Å². The number of hydrogen-bond donors (Lipinski definition) is 3. The van der Waals surface area contributed by atoms with Crippen molar-refractivity contribution in [3.8, 4) is 0 Å². The molecule has 3 N–H and O–H groups in total. The molecular formula is C23H32ClN5O3S. The summed E-state index contributed by atoms with van der Waals surface area (Å²) in [5, 5.41) is 10.7. The third kappa shape index (κ3) is 5.95. The number of carbonyl (C=O) groups is 2. The average molecular weight is 494 g/mol. The molecule has 0 aromatic heterocycles. The molecule has 0 bridgehead atoms. The lowest BCUT2D eigenvalue weighted by Crippen LogP contribution is -2.58. The van der Waals surface area contributed by atoms with E-state index in [2.05, 4.69) is 20.9 Å². The van der Waals surface area contributed by atoms with E-state index in [-0.39, 0.29) is 36.0 Å². The number of anilines is 1. The molecule has 8 nitrogen and oxygen atoms in total. The van der Waals surface area contributed by atoms with Crippen LogP contribution in [0.15, 0.2) is 24.3 Å². The summed E-state index contributed by atoms with van der Waals surface area (Å²) in [6, 6.07) is 7.55. The fraction of sp³-hybridized carbons (Fsp3) is 0.609. The lowest BCUT2D eigenvalue weighted by molar-refractivity contribution is -0.133. The second kappa shape index (κ2) is 11.0. The van der Waals surface area contributed by atoms with Crippen molar-refractivity contribution in [3.05, 3.63) is 29.3 Å². The average Bonchev–Trinajstić information content (AvgIpc) is 3.43. The van der Waals surface area contributed by atoms with Crippen molar-refractivity contribution in [1.82, 2.24) is 20.4 Å². The third-order valence-electron chi connectivity index (χ3n) is 6.81. The van der Waals surface area contributed by atoms with E-state index in [0.717, 1.165) is 38.0 Å². The van der Waals surface area contributed by atoms with Crippen LogP contribution in [0.25, 0.3) is 0 Å². The Kier molecular flexibility index (Phi) is 8.06. The first-order chi connectivity index (χ1) is 15.9. The van der Waals surface area contributed by atoms with Crippen LogP contribution in [-0.2, 0) is 14.3 Å². The van der Waals surface area contributed by atoms with Crippen LogP contribution in [-0.4, -0.2) is 84.2 Å². The zero-order chi connectivity index (χ0) is 23.4. The molecule has 1 aromatic rings. The highest BCUT2D eigenvalue weighted by molar-refractivity contribution is 7.80. The molecule has 0 saturated carbocycles. The largest absolute Gasteiger partial charge is 0.383 e. The van der Waals surface area contributed by atoms with Gasteiger partial charge in [0.1, 0.15) is 0 Å². The Labute approximate surface area is 205 Å². The van der Waals surface area contributed by atoms with Gasteiger partial charge < -0.3 is 25.6 Å². The van der Waals surface area contributed by atoms with Gasteiger partial charge in [0.05, 0.1) is 18.7 Å². The van der Waals surface area contributed by atoms with Gasteiger partial charge in [0, 0.05) is 56.0 Å². The number of amides is 2. The molecule has 33 heavy (non-hydrogen) atoms. The number of hydrogen-bond acceptors (Lipinski definition) is 5. The SMILES string of the molecule is COCC1CCCN1C(=O)CCC1CNC(=O)C2CC(NC(=S)Nc3ccc(Cl)cc3)CN12. The van der Waals surface area contributed by atoms with E-state index >= 15 is 0 Å². The molecule has 10 heteroatoms. The highest BCUT2D eigenvalue weighted by atomic mass is 35.5. The Hall–Kier alpha value is -1.94. The maximum Gasteiger partial charge on any atom is 0.237 e. The standard InChI is InChI=1S/C23H32ClN5O3S/c1-32-14-19-3-2-10-28(19)21(30)9-8-18-12-25-22(31)20-11-17(13-29(18)20)27-23(33)26-16-6-4-15(24)5-7-16/h4-7,17-20H,2-3,8-14H2,1H3,(H,25,31)(H2,26,27,33). The molecule has 4 atom stereocenters. The minimum Gasteiger partial charge on any atom is -0.383 e. The maximum atomic E-state index is 12.9. The molecule has 3 heterocycles. The van der Waals surface area contributed by atoms with Crippen LogP contribution in [0.2, 0.25) is 5.02 Å². The van der Waals surface area contributed by atoms with E-state index < -0.39 is 0 Å². The number of nitrogens with zero attached hydrogens (tertiary/aromatic N) is 2. The fourth-order valence-corrected chi connectivity index (χ4v) is 5.61. The minimum absolute atomic E-state index is 0.0538. The van der Waals surface area contributed by atoms with Crippen molar-refractivity contribution in [2.24, 2.45) is 0 Å². The summed E-state index contributed by atoms with van der Waals surface area (Å²) in [7, 11) is 1.68. The van der Waals surface area contributed by atoms with Gasteiger partial charge in [0.25, 0.3) is 0 Å². The molecule has 1 aromatic carbocycles. The van der Waals surface area contributed by atoms with Crippen molar-refractivity contribution in [3.63, 3.8) is 0 Å². The zero-order valence-electron chi connectivity index (χ0n) is 18.9. The smallest absolute Gasteiger partial charge is 0.237 e. The first-order valence-corrected chi connectivity index (χ1v) is 12.4. The van der Waals surface area contributed by atoms with Crippen LogP contribution in [0.5, 0.6) is 0 Å². The van der Waals surface area contributed by atoms with Gasteiger partial charge >= 0.3 is 0 Å². The van der Waals surface area contributed by atoms with Gasteiger partial charge in [0.15, 0.2) is 5.11 Å². The van der Waals surface area contributed by atoms with E-state index in [0.29, 0.717) is 36.1 Å². The summed E-state index contributed by atoms with van der Waals surface area (Å²) in [5.41, 5.74) is 0.857. The molecule has 3 fully saturated rings. The number of likely N-dealkylation sites (tertiary alicyclic amines) is 1. The lowest BCUT2D eigenvalue weighted by atomic mass is 10.0. The topological polar surface area (TPSA) is 85.9 Å². The first kappa shape index (κ1) is 24.2. The molecule has 3 aliphatic heterocycles. The Morgan fingerprint density at radius 3 is 2.85 bits per heavy atom. The Morgan fingerprint density at radius 2 is 2.09 bits per heavy atom. The van der Waals surface area contributed by atoms with Crippen LogP contribution < -0.4 is 16.0 Å². The van der Waals surface area contributed by atoms with E-state index in [9.17, 15) is 9.59 Å². The number of methoxy groups -OCH3 is 1. The van der Waals surface area contributed by atoms with Crippen molar-refractivity contribution < 1.29 is 14.3 Å². The fourth-order valence-electron chi connectivity index (χ4n) is 5.20. The van der Waals surface area contributed by atoms with Crippen molar-refractivity contribution in [2.45, 2.75) is 56.3 Å². The van der Waals surface area contributed by atoms with E-state index in [1.807, 2.05) is 17.0 Å². The van der Waals surface area contributed by atoms with Gasteiger partial charge in [-0.15, -0.1) is 0 Å². The van der Waals surface area contributed by atoms with E-state index in [1.165, 1.54) is 0 Å². The van der Waals surface area contributed by atoms with Crippen LogP contribution in [0.1, 0.15) is 32.1 Å². The number of benzene rings is 1. The Bertz CT molecular complexity index is 870. The summed E-state index contributed by atoms with van der Waals surface area (Å²) in [6.07, 6.45) is 3.93. The van der Waals surface area contributed by atoms with Crippen molar-refractivity contribution >= 4 is 46.4 Å². The zero-order valence-corrected chi connectivity index (χ0v) is 20.5. The molecule has 3 saturated heterocycles. The van der Waals surface area contributed by atoms with Gasteiger partial charge in [-0.3, -0.25) is 14.5 Å². The van der Waals surface area contributed by atoms with Crippen molar-refractivity contribution in [1.29, 1.82) is 0 Å². The highest BCUT2D eigenvalue weighted by Crippen LogP contribution is 2.27. The molecular weight excluding hydrogens is 462 g/mol. The maximum absolute atomic E-state index is 12.9. The summed E-state index contributed by atoms with van der Waals surface area (Å²) < 4.78 is 5.28. The number of rotatable bonds is 7. The number of fused-ring (bicyclic) bond motifs is 1. The summed E-state index contributed by atoms with van der Waals surface area (Å²) in [5.74, 6) is 0.239. The van der Waals surface area contributed by atoms with Gasteiger partial charge in [-0.1, -0.05) is 11.6 Å². The highest BCUT2D eigenvalue weighted by Gasteiger charge is 2.43. The van der Waals surface area contributed by atoms with E-state index in [4.69, 9.17) is 28.6 Å². The third-order valence-corrected chi connectivity index (χ3v) is 7.28. The number of carbonyl (C=O) groups excluding carboxylic acids is 2. The number of nitrogens with one attached hydrogen (secondary N) is 3. The van der Waals surface area contributed by atoms with Gasteiger partial charge in [0.2, 0.25) is 11.8 Å². The van der Waals surface area contributed by atoms with E-state index in [1.54, 1.807) is 19.2 Å². The monoisotopic (exact) mass is 493 g/mol. The summed E-state index contributed by atoms with van der Waals surface area (Å²) in [4.78, 5) is 29.6. The molecule has 180 valence electrons. The molecule has 3 aliphatic rings. The Balaban J connectivity index is 1.30. The normalized spacial score (nSPS) is 27.2. The van der Waals surface area contributed by atoms with Crippen molar-refractivity contribution in [2.75, 3.05) is 38.7 Å². The number of thiocarbonyl (C=S) groups is 1. The quantitative estimate of drug-likeness (QED) is 0.501. The second-order valence-corrected chi connectivity index (χ2v) is 9.87. The van der Waals surface area contributed by atoms with Gasteiger partial charge in [-0.25, -0.2) is 0 Å². The number of halogens is 1. The lowest BCUT2D eigenvalue weighted by Gasteiger charge is -2.37. The molecule has 0 radical (unpaired) electrons. The number of piperazine rings is 1. The molecule has 2 amide bonds. The van der Waals surface area contributed by atoms with Crippen LogP contribution >= 0.6 is 23.8 Å². The second-order valence-electron chi connectivity index (χ2n) is 9.03. The predicted octanol–water partition coefficient (Wildman–Crippen LogP) is 1.99. The molecule has 0 aliphatic carbocycles. The molecule has 0 spiro atoms. The summed E-state index contributed by atoms with van der Waals surface area (Å²) >= 11 is 11.4. The Morgan fingerprint density at radius 1 is 1.30 bits per heavy atom. The molecule has 4 rings (SSSR count). The number of ether oxygens (including phenoxy) is 1. The van der Waals surface area contributed by atoms with Gasteiger partial charge in [-0.05, 0) is 62.2 Å². The minimum atomic E-state index is -0.192. The van der Waals surface area contributed by atoms with Gasteiger partial charge in [-0.2, -0.15) is 0 Å².